The second kappa shape index (κ2) is 8.56. The Morgan fingerprint density at radius 2 is 1.90 bits per heavy atom. The van der Waals surface area contributed by atoms with Crippen LogP contribution in [0, 0.1) is 20.8 Å². The van der Waals surface area contributed by atoms with Crippen LogP contribution < -0.4 is 10.1 Å². The molecule has 9 nitrogen and oxygen atoms in total. The predicted octanol–water partition coefficient (Wildman–Crippen LogP) is 3.29. The van der Waals surface area contributed by atoms with Crippen LogP contribution in [-0.2, 0) is 10.0 Å². The van der Waals surface area contributed by atoms with Crippen molar-refractivity contribution in [3.8, 4) is 11.6 Å². The van der Waals surface area contributed by atoms with E-state index in [2.05, 4.69) is 10.5 Å². The van der Waals surface area contributed by atoms with Gasteiger partial charge < -0.3 is 14.6 Å². The van der Waals surface area contributed by atoms with E-state index in [-0.39, 0.29) is 16.6 Å². The molecule has 0 aliphatic heterocycles. The van der Waals surface area contributed by atoms with Crippen molar-refractivity contribution in [1.29, 1.82) is 0 Å². The zero-order valence-corrected chi connectivity index (χ0v) is 19.2. The number of anilines is 1. The van der Waals surface area contributed by atoms with E-state index in [0.717, 1.165) is 10.00 Å². The van der Waals surface area contributed by atoms with Gasteiger partial charge in [-0.1, -0.05) is 5.16 Å². The third-order valence-electron chi connectivity index (χ3n) is 4.78. The summed E-state index contributed by atoms with van der Waals surface area (Å²) in [6, 6.07) is 8.08. The van der Waals surface area contributed by atoms with Gasteiger partial charge in [0.2, 0.25) is 10.0 Å². The molecule has 31 heavy (non-hydrogen) atoms. The zero-order valence-electron chi connectivity index (χ0n) is 18.4. The number of rotatable bonds is 7. The molecule has 10 heteroatoms. The van der Waals surface area contributed by atoms with Crippen molar-refractivity contribution in [1.82, 2.24) is 14.0 Å². The summed E-state index contributed by atoms with van der Waals surface area (Å²) in [4.78, 5) is 13.0. The van der Waals surface area contributed by atoms with Gasteiger partial charge in [-0.15, -0.1) is 0 Å². The average molecular weight is 447 g/mol. The molecule has 1 N–H and O–H groups in total. The molecule has 0 bridgehead atoms. The lowest BCUT2D eigenvalue weighted by Gasteiger charge is -2.16. The van der Waals surface area contributed by atoms with Crippen LogP contribution in [0.4, 0.5) is 5.69 Å². The molecule has 0 atom stereocenters. The van der Waals surface area contributed by atoms with Crippen LogP contribution in [0.15, 0.2) is 39.8 Å². The van der Waals surface area contributed by atoms with Crippen molar-refractivity contribution >= 4 is 21.6 Å². The summed E-state index contributed by atoms with van der Waals surface area (Å²) < 4.78 is 39.0. The van der Waals surface area contributed by atoms with Gasteiger partial charge in [-0.05, 0) is 52.0 Å². The van der Waals surface area contributed by atoms with Crippen LogP contribution in [0.1, 0.15) is 34.4 Å². The molecule has 1 amide bonds. The van der Waals surface area contributed by atoms with Crippen LogP contribution >= 0.6 is 0 Å². The van der Waals surface area contributed by atoms with Gasteiger partial charge in [0, 0.05) is 37.2 Å². The number of benzene rings is 1. The van der Waals surface area contributed by atoms with Crippen LogP contribution in [-0.4, -0.2) is 49.1 Å². The third kappa shape index (κ3) is 4.35. The molecule has 0 aliphatic carbocycles. The van der Waals surface area contributed by atoms with Crippen molar-refractivity contribution < 1.29 is 22.5 Å². The minimum atomic E-state index is -3.76. The van der Waals surface area contributed by atoms with Gasteiger partial charge in [0.1, 0.15) is 16.4 Å². The van der Waals surface area contributed by atoms with Crippen molar-refractivity contribution in [3.63, 3.8) is 0 Å². The molecule has 1 aromatic carbocycles. The lowest BCUT2D eigenvalue weighted by molar-refractivity contribution is 0.102. The molecule has 0 spiro atoms. The van der Waals surface area contributed by atoms with Crippen molar-refractivity contribution in [2.24, 2.45) is 0 Å². The Kier molecular flexibility index (Phi) is 6.23. The lowest BCUT2D eigenvalue weighted by atomic mass is 10.2. The molecule has 0 saturated heterocycles. The summed E-state index contributed by atoms with van der Waals surface area (Å²) in [6.07, 6.45) is 0. The number of hydrogen-bond acceptors (Lipinski definition) is 6. The third-order valence-corrected chi connectivity index (χ3v) is 6.62. The Hall–Kier alpha value is -3.11. The smallest absolute Gasteiger partial charge is 0.257 e. The lowest BCUT2D eigenvalue weighted by Crippen LogP contribution is -2.23. The first-order chi connectivity index (χ1) is 14.6. The van der Waals surface area contributed by atoms with Gasteiger partial charge in [-0.25, -0.2) is 12.7 Å². The van der Waals surface area contributed by atoms with Crippen molar-refractivity contribution in [2.45, 2.75) is 32.6 Å². The second-order valence-electron chi connectivity index (χ2n) is 7.25. The highest BCUT2D eigenvalue weighted by atomic mass is 32.2. The number of aromatic nitrogens is 2. The molecule has 3 rings (SSSR count). The highest BCUT2D eigenvalue weighted by Crippen LogP contribution is 2.30. The van der Waals surface area contributed by atoms with Gasteiger partial charge in [0.05, 0.1) is 12.2 Å². The van der Waals surface area contributed by atoms with Gasteiger partial charge in [-0.2, -0.15) is 0 Å². The summed E-state index contributed by atoms with van der Waals surface area (Å²) in [5.41, 5.74) is 2.30. The number of carbonyl (C=O) groups excluding carboxylic acids is 1. The maximum atomic E-state index is 13.0. The molecule has 2 heterocycles. The van der Waals surface area contributed by atoms with Gasteiger partial charge in [0.15, 0.2) is 5.82 Å². The van der Waals surface area contributed by atoms with E-state index in [9.17, 15) is 13.2 Å². The van der Waals surface area contributed by atoms with E-state index in [0.29, 0.717) is 35.1 Å². The molecular weight excluding hydrogens is 420 g/mol. The molecule has 166 valence electrons. The number of nitrogens with zero attached hydrogens (tertiary/aromatic N) is 3. The number of carbonyl (C=O) groups is 1. The predicted molar refractivity (Wildman–Crippen MR) is 116 cm³/mol. The first kappa shape index (κ1) is 22.6. The molecule has 0 aliphatic rings. The molecule has 2 aromatic heterocycles. The van der Waals surface area contributed by atoms with Crippen LogP contribution in [0.25, 0.3) is 5.82 Å². The number of nitrogens with one attached hydrogen (secondary N) is 1. The van der Waals surface area contributed by atoms with Crippen LogP contribution in [0.3, 0.4) is 0 Å². The molecule has 0 unspecified atom stereocenters. The largest absolute Gasteiger partial charge is 0.492 e. The number of aryl methyl sites for hydroxylation is 2. The van der Waals surface area contributed by atoms with Gasteiger partial charge >= 0.3 is 0 Å². The van der Waals surface area contributed by atoms with Crippen LogP contribution in [0.5, 0.6) is 5.75 Å². The number of amides is 1. The Morgan fingerprint density at radius 3 is 2.48 bits per heavy atom. The first-order valence-corrected chi connectivity index (χ1v) is 11.1. The standard InChI is InChI=1S/C21H26N4O5S/c1-7-29-18-9-8-16(12-19(18)31(27,28)24(5)6)22-21(26)17-10-13(2)25(15(17)4)20-11-14(3)30-23-20/h8-12H,7H2,1-6H3,(H,22,26). The van der Waals surface area contributed by atoms with Crippen molar-refractivity contribution in [3.05, 3.63) is 53.0 Å². The normalized spacial score (nSPS) is 11.7. The highest BCUT2D eigenvalue weighted by molar-refractivity contribution is 7.89. The summed E-state index contributed by atoms with van der Waals surface area (Å²) in [6.45, 7) is 7.56. The quantitative estimate of drug-likeness (QED) is 0.597. The van der Waals surface area contributed by atoms with E-state index in [1.54, 1.807) is 32.0 Å². The number of ether oxygens (including phenoxy) is 1. The first-order valence-electron chi connectivity index (χ1n) is 9.69. The Balaban J connectivity index is 1.96. The van der Waals surface area contributed by atoms with E-state index < -0.39 is 10.0 Å². The summed E-state index contributed by atoms with van der Waals surface area (Å²) in [5.74, 6) is 1.12. The fraction of sp³-hybridized carbons (Fsp3) is 0.333. The Labute approximate surface area is 181 Å². The fourth-order valence-electron chi connectivity index (χ4n) is 3.26. The zero-order chi connectivity index (χ0) is 22.9. The van der Waals surface area contributed by atoms with E-state index >= 15 is 0 Å². The number of hydrogen-bond donors (Lipinski definition) is 1. The molecule has 3 aromatic rings. The fourth-order valence-corrected chi connectivity index (χ4v) is 4.31. The maximum Gasteiger partial charge on any atom is 0.257 e. The Bertz CT molecular complexity index is 1220. The summed E-state index contributed by atoms with van der Waals surface area (Å²) in [7, 11) is -0.880. The summed E-state index contributed by atoms with van der Waals surface area (Å²) >= 11 is 0. The highest BCUT2D eigenvalue weighted by Gasteiger charge is 2.24. The molecule has 0 fully saturated rings. The topological polar surface area (TPSA) is 107 Å². The minimum Gasteiger partial charge on any atom is -0.492 e. The van der Waals surface area contributed by atoms with Gasteiger partial charge in [-0.3, -0.25) is 9.36 Å². The molecular formula is C21H26N4O5S. The summed E-state index contributed by atoms with van der Waals surface area (Å²) in [5, 5.41) is 6.80. The molecule has 0 saturated carbocycles. The minimum absolute atomic E-state index is 0.0132. The van der Waals surface area contributed by atoms with E-state index in [1.807, 2.05) is 18.4 Å². The average Bonchev–Trinajstić information content (AvgIpc) is 3.25. The maximum absolute atomic E-state index is 13.0. The second-order valence-corrected chi connectivity index (χ2v) is 9.37. The SMILES string of the molecule is CCOc1ccc(NC(=O)c2cc(C)n(-c3cc(C)on3)c2C)cc1S(=O)(=O)N(C)C. The monoisotopic (exact) mass is 446 g/mol. The van der Waals surface area contributed by atoms with Crippen LogP contribution in [0.2, 0.25) is 0 Å². The Morgan fingerprint density at radius 1 is 1.19 bits per heavy atom. The molecule has 0 radical (unpaired) electrons. The van der Waals surface area contributed by atoms with E-state index in [1.165, 1.54) is 26.2 Å². The van der Waals surface area contributed by atoms with E-state index in [4.69, 9.17) is 9.26 Å². The van der Waals surface area contributed by atoms with Crippen molar-refractivity contribution in [2.75, 3.05) is 26.0 Å². The van der Waals surface area contributed by atoms with Gasteiger partial charge in [0.25, 0.3) is 5.91 Å². The number of sulfonamides is 1.